The van der Waals surface area contributed by atoms with Crippen molar-refractivity contribution in [2.75, 3.05) is 24.5 Å². The predicted molar refractivity (Wildman–Crippen MR) is 74.9 cm³/mol. The fraction of sp³-hybridized carbons (Fsp3) is 0.600. The second-order valence-electron chi connectivity index (χ2n) is 5.48. The predicted octanol–water partition coefficient (Wildman–Crippen LogP) is 3.27. The van der Waals surface area contributed by atoms with Crippen LogP contribution >= 0.6 is 0 Å². The molecule has 2 rings (SSSR count). The highest BCUT2D eigenvalue weighted by Gasteiger charge is 2.41. The second-order valence-corrected chi connectivity index (χ2v) is 5.48. The molecule has 0 amide bonds. The minimum atomic E-state index is -4.09. The van der Waals surface area contributed by atoms with Crippen molar-refractivity contribution in [2.24, 2.45) is 11.7 Å². The molecule has 2 nitrogen and oxygen atoms in total. The summed E-state index contributed by atoms with van der Waals surface area (Å²) in [5.74, 6) is -1.21. The first-order valence-electron chi connectivity index (χ1n) is 7.03. The quantitative estimate of drug-likeness (QED) is 0.924. The Balaban J connectivity index is 2.13. The number of benzene rings is 1. The first-order valence-corrected chi connectivity index (χ1v) is 7.03. The highest BCUT2D eigenvalue weighted by Crippen LogP contribution is 2.35. The fourth-order valence-electron chi connectivity index (χ4n) is 2.79. The van der Waals surface area contributed by atoms with Gasteiger partial charge in [-0.1, -0.05) is 6.07 Å². The van der Waals surface area contributed by atoms with Crippen LogP contribution in [0.15, 0.2) is 18.2 Å². The summed E-state index contributed by atoms with van der Waals surface area (Å²) in [6.07, 6.45) is -2.46. The molecule has 0 aliphatic carbocycles. The second kappa shape index (κ2) is 6.04. The zero-order chi connectivity index (χ0) is 14.8. The molecular formula is C15H21F3N2. The van der Waals surface area contributed by atoms with Gasteiger partial charge in [-0.3, -0.25) is 0 Å². The third-order valence-electron chi connectivity index (χ3n) is 3.99. The Hall–Kier alpha value is -1.23. The van der Waals surface area contributed by atoms with Crippen molar-refractivity contribution in [3.8, 4) is 0 Å². The van der Waals surface area contributed by atoms with Gasteiger partial charge in [0, 0.05) is 18.8 Å². The number of rotatable bonds is 3. The van der Waals surface area contributed by atoms with Crippen LogP contribution in [-0.4, -0.2) is 25.8 Å². The monoisotopic (exact) mass is 286 g/mol. The van der Waals surface area contributed by atoms with Crippen molar-refractivity contribution in [3.05, 3.63) is 29.3 Å². The molecule has 0 saturated carbocycles. The van der Waals surface area contributed by atoms with E-state index in [4.69, 9.17) is 5.73 Å². The fourth-order valence-corrected chi connectivity index (χ4v) is 2.79. The summed E-state index contributed by atoms with van der Waals surface area (Å²) in [4.78, 5) is 1.85. The lowest BCUT2D eigenvalue weighted by atomic mass is 9.96. The number of nitrogens with zero attached hydrogens (tertiary/aromatic N) is 1. The van der Waals surface area contributed by atoms with Gasteiger partial charge in [0.1, 0.15) is 0 Å². The minimum Gasteiger partial charge on any atom is -0.371 e. The highest BCUT2D eigenvalue weighted by molar-refractivity contribution is 5.51. The molecule has 0 bridgehead atoms. The molecule has 1 aliphatic heterocycles. The molecule has 112 valence electrons. The van der Waals surface area contributed by atoms with Gasteiger partial charge in [-0.25, -0.2) is 0 Å². The van der Waals surface area contributed by atoms with Crippen molar-refractivity contribution in [3.63, 3.8) is 0 Å². The van der Waals surface area contributed by atoms with Gasteiger partial charge in [-0.15, -0.1) is 0 Å². The molecule has 1 unspecified atom stereocenters. The number of aryl methyl sites for hydroxylation is 1. The summed E-state index contributed by atoms with van der Waals surface area (Å²) in [6, 6.07) is 5.87. The summed E-state index contributed by atoms with van der Waals surface area (Å²) in [5.41, 5.74) is 8.69. The first kappa shape index (κ1) is 15.2. The van der Waals surface area contributed by atoms with E-state index in [1.54, 1.807) is 0 Å². The number of halogens is 3. The van der Waals surface area contributed by atoms with Crippen LogP contribution in [0.1, 0.15) is 24.0 Å². The summed E-state index contributed by atoms with van der Waals surface area (Å²) in [5, 5.41) is 0. The molecule has 1 fully saturated rings. The van der Waals surface area contributed by atoms with Crippen molar-refractivity contribution >= 4 is 5.69 Å². The van der Waals surface area contributed by atoms with Gasteiger partial charge in [-0.05, 0) is 56.0 Å². The number of piperidine rings is 1. The molecule has 1 aliphatic rings. The summed E-state index contributed by atoms with van der Waals surface area (Å²) < 4.78 is 38.5. The maximum atomic E-state index is 12.8. The Bertz CT molecular complexity index is 457. The van der Waals surface area contributed by atoms with Crippen LogP contribution in [0.5, 0.6) is 0 Å². The average Bonchev–Trinajstić information content (AvgIpc) is 2.40. The topological polar surface area (TPSA) is 29.3 Å². The molecule has 2 N–H and O–H groups in total. The lowest BCUT2D eigenvalue weighted by molar-refractivity contribution is -0.175. The van der Waals surface area contributed by atoms with Gasteiger partial charge >= 0.3 is 6.18 Å². The smallest absolute Gasteiger partial charge is 0.371 e. The van der Waals surface area contributed by atoms with Crippen LogP contribution in [0.2, 0.25) is 0 Å². The zero-order valence-corrected chi connectivity index (χ0v) is 11.7. The normalized spacial score (nSPS) is 20.2. The third kappa shape index (κ3) is 3.45. The maximum absolute atomic E-state index is 12.8. The minimum absolute atomic E-state index is 0.0686. The van der Waals surface area contributed by atoms with Crippen LogP contribution in [0, 0.1) is 12.8 Å². The first-order chi connectivity index (χ1) is 9.41. The molecule has 0 radical (unpaired) electrons. The largest absolute Gasteiger partial charge is 0.393 e. The molecule has 5 heteroatoms. The molecule has 20 heavy (non-hydrogen) atoms. The van der Waals surface area contributed by atoms with Crippen LogP contribution in [-0.2, 0) is 6.42 Å². The molecule has 1 saturated heterocycles. The van der Waals surface area contributed by atoms with E-state index in [1.165, 1.54) is 5.56 Å². The molecule has 1 heterocycles. The summed E-state index contributed by atoms with van der Waals surface area (Å²) in [6.45, 7) is 3.33. The van der Waals surface area contributed by atoms with E-state index < -0.39 is 12.1 Å². The summed E-state index contributed by atoms with van der Waals surface area (Å²) >= 11 is 0. The van der Waals surface area contributed by atoms with Gasteiger partial charge in [0.15, 0.2) is 0 Å². The molecule has 1 atom stereocenters. The van der Waals surface area contributed by atoms with E-state index in [1.807, 2.05) is 30.0 Å². The maximum Gasteiger partial charge on any atom is 0.393 e. The molecule has 1 aromatic carbocycles. The Morgan fingerprint density at radius 2 is 2.10 bits per heavy atom. The van der Waals surface area contributed by atoms with E-state index in [-0.39, 0.29) is 13.0 Å². The SMILES string of the molecule is Cc1cc(N2CCCC(C(F)(F)F)C2)ccc1CCN. The Morgan fingerprint density at radius 1 is 1.35 bits per heavy atom. The number of anilines is 1. The highest BCUT2D eigenvalue weighted by atomic mass is 19.4. The molecule has 0 spiro atoms. The standard InChI is InChI=1S/C15H21F3N2/c1-11-9-14(5-4-12(11)6-7-19)20-8-2-3-13(10-20)15(16,17)18/h4-5,9,13H,2-3,6-8,10,19H2,1H3. The number of alkyl halides is 3. The van der Waals surface area contributed by atoms with Gasteiger partial charge in [-0.2, -0.15) is 13.2 Å². The van der Waals surface area contributed by atoms with Crippen LogP contribution in [0.4, 0.5) is 18.9 Å². The van der Waals surface area contributed by atoms with Crippen molar-refractivity contribution < 1.29 is 13.2 Å². The van der Waals surface area contributed by atoms with Crippen molar-refractivity contribution in [2.45, 2.75) is 32.4 Å². The van der Waals surface area contributed by atoms with Crippen LogP contribution in [0.25, 0.3) is 0 Å². The molecule has 0 aromatic heterocycles. The van der Waals surface area contributed by atoms with Crippen LogP contribution in [0.3, 0.4) is 0 Å². The van der Waals surface area contributed by atoms with Crippen molar-refractivity contribution in [1.82, 2.24) is 0 Å². The molecular weight excluding hydrogens is 265 g/mol. The van der Waals surface area contributed by atoms with E-state index >= 15 is 0 Å². The van der Waals surface area contributed by atoms with E-state index in [0.717, 1.165) is 17.7 Å². The Labute approximate surface area is 117 Å². The Morgan fingerprint density at radius 3 is 2.70 bits per heavy atom. The van der Waals surface area contributed by atoms with Gasteiger partial charge < -0.3 is 10.6 Å². The van der Waals surface area contributed by atoms with E-state index in [0.29, 0.717) is 19.5 Å². The van der Waals surface area contributed by atoms with E-state index in [9.17, 15) is 13.2 Å². The number of hydrogen-bond acceptors (Lipinski definition) is 2. The lowest BCUT2D eigenvalue weighted by Crippen LogP contribution is -2.41. The lowest BCUT2D eigenvalue weighted by Gasteiger charge is -2.35. The van der Waals surface area contributed by atoms with E-state index in [2.05, 4.69) is 0 Å². The van der Waals surface area contributed by atoms with Gasteiger partial charge in [0.2, 0.25) is 0 Å². The Kier molecular flexibility index (Phi) is 4.58. The number of nitrogens with two attached hydrogens (primary N) is 1. The van der Waals surface area contributed by atoms with Gasteiger partial charge in [0.25, 0.3) is 0 Å². The number of hydrogen-bond donors (Lipinski definition) is 1. The molecule has 1 aromatic rings. The zero-order valence-electron chi connectivity index (χ0n) is 11.7. The van der Waals surface area contributed by atoms with Gasteiger partial charge in [0.05, 0.1) is 5.92 Å². The third-order valence-corrected chi connectivity index (χ3v) is 3.99. The average molecular weight is 286 g/mol. The van der Waals surface area contributed by atoms with Crippen molar-refractivity contribution in [1.29, 1.82) is 0 Å². The summed E-state index contributed by atoms with van der Waals surface area (Å²) in [7, 11) is 0. The van der Waals surface area contributed by atoms with Crippen LogP contribution < -0.4 is 10.6 Å².